The number of nitrogens with zero attached hydrogens (tertiary/aromatic N) is 2. The highest BCUT2D eigenvalue weighted by Crippen LogP contribution is 2.31. The minimum absolute atomic E-state index is 0.0253. The lowest BCUT2D eigenvalue weighted by atomic mass is 10.2. The lowest BCUT2D eigenvalue weighted by molar-refractivity contribution is -0.120. The van der Waals surface area contributed by atoms with Gasteiger partial charge in [-0.05, 0) is 36.8 Å². The lowest BCUT2D eigenvalue weighted by Crippen LogP contribution is -2.35. The smallest absolute Gasteiger partial charge is 0.254 e. The average Bonchev–Trinajstić information content (AvgIpc) is 3.01. The first-order valence-electron chi connectivity index (χ1n) is 8.26. The van der Waals surface area contributed by atoms with Gasteiger partial charge in [-0.1, -0.05) is 47.6 Å². The van der Waals surface area contributed by atoms with Crippen molar-refractivity contribution in [1.29, 1.82) is 0 Å². The van der Waals surface area contributed by atoms with E-state index in [0.29, 0.717) is 22.4 Å². The molecule has 8 heteroatoms. The number of amidine groups is 1. The molecule has 2 aromatic carbocycles. The molecule has 1 aliphatic heterocycles. The quantitative estimate of drug-likeness (QED) is 0.826. The fraction of sp³-hybridized carbons (Fsp3) is 0.211. The summed E-state index contributed by atoms with van der Waals surface area (Å²) in [7, 11) is 0. The Labute approximate surface area is 165 Å². The fourth-order valence-electron chi connectivity index (χ4n) is 2.49. The zero-order chi connectivity index (χ0) is 19.4. The van der Waals surface area contributed by atoms with Crippen molar-refractivity contribution in [3.63, 3.8) is 0 Å². The first-order valence-corrected chi connectivity index (χ1v) is 9.52. The maximum Gasteiger partial charge on any atom is 0.254 e. The van der Waals surface area contributed by atoms with Gasteiger partial charge in [0.15, 0.2) is 5.17 Å². The van der Waals surface area contributed by atoms with Crippen LogP contribution in [-0.2, 0) is 16.1 Å². The first kappa shape index (κ1) is 19.4. The van der Waals surface area contributed by atoms with E-state index < -0.39 is 5.25 Å². The van der Waals surface area contributed by atoms with Crippen LogP contribution in [0.15, 0.2) is 53.5 Å². The number of hydrogen-bond acceptors (Lipinski definition) is 4. The van der Waals surface area contributed by atoms with Gasteiger partial charge in [0.25, 0.3) is 5.91 Å². The van der Waals surface area contributed by atoms with Crippen LogP contribution in [0.2, 0.25) is 5.02 Å². The summed E-state index contributed by atoms with van der Waals surface area (Å²) >= 11 is 7.39. The fourth-order valence-corrected chi connectivity index (χ4v) is 3.66. The molecule has 2 aromatic rings. The molecule has 0 fully saturated rings. The van der Waals surface area contributed by atoms with Crippen molar-refractivity contribution in [2.24, 2.45) is 4.99 Å². The Balaban J connectivity index is 1.63. The van der Waals surface area contributed by atoms with Gasteiger partial charge >= 0.3 is 0 Å². The van der Waals surface area contributed by atoms with Crippen molar-refractivity contribution in [1.82, 2.24) is 5.32 Å². The molecule has 0 radical (unpaired) electrons. The maximum absolute atomic E-state index is 12.9. The second-order valence-corrected chi connectivity index (χ2v) is 7.60. The number of anilines is 1. The molecule has 0 aliphatic carbocycles. The Morgan fingerprint density at radius 3 is 2.70 bits per heavy atom. The third-order valence-electron chi connectivity index (χ3n) is 3.92. The number of aliphatic imine (C=N–C) groups is 1. The molecule has 0 aromatic heterocycles. The van der Waals surface area contributed by atoms with Crippen molar-refractivity contribution in [3.05, 3.63) is 64.9 Å². The number of carbonyl (C=O) groups excluding carboxylic acids is 2. The number of halogens is 2. The molecule has 5 nitrogen and oxygen atoms in total. The van der Waals surface area contributed by atoms with Gasteiger partial charge in [-0.15, -0.1) is 0 Å². The van der Waals surface area contributed by atoms with Crippen LogP contribution in [0.25, 0.3) is 0 Å². The number of benzene rings is 2. The van der Waals surface area contributed by atoms with E-state index in [1.54, 1.807) is 43.3 Å². The number of rotatable bonds is 5. The van der Waals surface area contributed by atoms with Crippen LogP contribution >= 0.6 is 23.4 Å². The topological polar surface area (TPSA) is 61.8 Å². The molecule has 0 saturated carbocycles. The molecule has 140 valence electrons. The van der Waals surface area contributed by atoms with Gasteiger partial charge in [0, 0.05) is 6.54 Å². The predicted octanol–water partition coefficient (Wildman–Crippen LogP) is 3.62. The largest absolute Gasteiger partial charge is 0.351 e. The number of nitrogens with one attached hydrogen (secondary N) is 1. The molecular formula is C19H17ClFN3O2S. The van der Waals surface area contributed by atoms with Gasteiger partial charge in [-0.3, -0.25) is 19.5 Å². The van der Waals surface area contributed by atoms with Gasteiger partial charge < -0.3 is 5.32 Å². The SMILES string of the molecule is C[C@H](SC1=NCC(=O)N1c1ccccc1Cl)C(=O)NCc1ccc(F)cc1. The highest BCUT2D eigenvalue weighted by atomic mass is 35.5. The Kier molecular flexibility index (Phi) is 6.13. The highest BCUT2D eigenvalue weighted by molar-refractivity contribution is 8.15. The van der Waals surface area contributed by atoms with Crippen LogP contribution in [0.3, 0.4) is 0 Å². The summed E-state index contributed by atoms with van der Waals surface area (Å²) in [5.74, 6) is -0.715. The van der Waals surface area contributed by atoms with Crippen LogP contribution in [0.4, 0.5) is 10.1 Å². The molecule has 0 unspecified atom stereocenters. The molecule has 1 N–H and O–H groups in total. The number of hydrogen-bond donors (Lipinski definition) is 1. The zero-order valence-corrected chi connectivity index (χ0v) is 16.1. The van der Waals surface area contributed by atoms with Crippen molar-refractivity contribution in [2.45, 2.75) is 18.7 Å². The van der Waals surface area contributed by atoms with E-state index in [2.05, 4.69) is 10.3 Å². The van der Waals surface area contributed by atoms with E-state index in [1.165, 1.54) is 28.8 Å². The number of amides is 2. The molecule has 1 heterocycles. The molecule has 2 amide bonds. The summed E-state index contributed by atoms with van der Waals surface area (Å²) in [4.78, 5) is 30.3. The summed E-state index contributed by atoms with van der Waals surface area (Å²) in [6.07, 6.45) is 0. The Bertz CT molecular complexity index is 889. The highest BCUT2D eigenvalue weighted by Gasteiger charge is 2.31. The van der Waals surface area contributed by atoms with Crippen molar-refractivity contribution in [3.8, 4) is 0 Å². The van der Waals surface area contributed by atoms with E-state index >= 15 is 0 Å². The third-order valence-corrected chi connectivity index (χ3v) is 5.32. The minimum Gasteiger partial charge on any atom is -0.351 e. The van der Waals surface area contributed by atoms with Crippen molar-refractivity contribution in [2.75, 3.05) is 11.4 Å². The molecule has 1 atom stereocenters. The zero-order valence-electron chi connectivity index (χ0n) is 14.5. The van der Waals surface area contributed by atoms with Crippen molar-refractivity contribution >= 4 is 46.0 Å². The van der Waals surface area contributed by atoms with E-state index in [9.17, 15) is 14.0 Å². The molecule has 0 spiro atoms. The lowest BCUT2D eigenvalue weighted by Gasteiger charge is -2.21. The monoisotopic (exact) mass is 405 g/mol. The van der Waals surface area contributed by atoms with Crippen LogP contribution in [0.5, 0.6) is 0 Å². The third kappa shape index (κ3) is 4.67. The molecule has 1 aliphatic rings. The maximum atomic E-state index is 12.9. The number of thioether (sulfide) groups is 1. The average molecular weight is 406 g/mol. The van der Waals surface area contributed by atoms with Crippen LogP contribution in [0.1, 0.15) is 12.5 Å². The standard InChI is InChI=1S/C19H17ClFN3O2S/c1-12(18(26)22-10-13-6-8-14(21)9-7-13)27-19-23-11-17(25)24(19)16-5-3-2-4-15(16)20/h2-9,12H,10-11H2,1H3,(H,22,26)/t12-/m0/s1. The molecule has 3 rings (SSSR count). The van der Waals surface area contributed by atoms with E-state index in [0.717, 1.165) is 5.56 Å². The first-order chi connectivity index (χ1) is 13.0. The summed E-state index contributed by atoms with van der Waals surface area (Å²) in [5, 5.41) is 3.21. The minimum atomic E-state index is -0.472. The Morgan fingerprint density at radius 1 is 1.30 bits per heavy atom. The van der Waals surface area contributed by atoms with E-state index in [4.69, 9.17) is 11.6 Å². The second kappa shape index (κ2) is 8.54. The molecule has 0 saturated heterocycles. The predicted molar refractivity (Wildman–Crippen MR) is 107 cm³/mol. The Morgan fingerprint density at radius 2 is 2.00 bits per heavy atom. The van der Waals surface area contributed by atoms with Crippen LogP contribution in [0, 0.1) is 5.82 Å². The van der Waals surface area contributed by atoms with Crippen molar-refractivity contribution < 1.29 is 14.0 Å². The molecule has 0 bridgehead atoms. The van der Waals surface area contributed by atoms with Crippen LogP contribution < -0.4 is 10.2 Å². The number of carbonyl (C=O) groups is 2. The summed E-state index contributed by atoms with van der Waals surface area (Å²) < 4.78 is 12.9. The summed E-state index contributed by atoms with van der Waals surface area (Å²) in [5.41, 5.74) is 1.35. The van der Waals surface area contributed by atoms with Gasteiger partial charge in [0.1, 0.15) is 12.4 Å². The Hall–Kier alpha value is -2.38. The molecule has 27 heavy (non-hydrogen) atoms. The van der Waals surface area contributed by atoms with Gasteiger partial charge in [0.05, 0.1) is 16.0 Å². The van der Waals surface area contributed by atoms with E-state index in [-0.39, 0.29) is 24.2 Å². The van der Waals surface area contributed by atoms with Gasteiger partial charge in [-0.2, -0.15) is 0 Å². The van der Waals surface area contributed by atoms with E-state index in [1.807, 2.05) is 0 Å². The second-order valence-electron chi connectivity index (χ2n) is 5.88. The summed E-state index contributed by atoms with van der Waals surface area (Å²) in [6.45, 7) is 2.06. The molecular weight excluding hydrogens is 389 g/mol. The normalized spacial score (nSPS) is 14.9. The summed E-state index contributed by atoms with van der Waals surface area (Å²) in [6, 6.07) is 12.9. The number of para-hydroxylation sites is 1. The van der Waals surface area contributed by atoms with Crippen LogP contribution in [-0.4, -0.2) is 28.8 Å². The van der Waals surface area contributed by atoms with Gasteiger partial charge in [0.2, 0.25) is 5.91 Å². The van der Waals surface area contributed by atoms with Gasteiger partial charge in [-0.25, -0.2) is 4.39 Å².